The zero-order valence-electron chi connectivity index (χ0n) is 13.1. The number of benzene rings is 2. The van der Waals surface area contributed by atoms with Gasteiger partial charge in [0, 0.05) is 10.9 Å². The topological polar surface area (TPSA) is 37.3 Å². The minimum absolute atomic E-state index is 0.395. The molecule has 0 amide bonds. The molecule has 2 rings (SSSR count). The van der Waals surface area contributed by atoms with Crippen LogP contribution in [0.3, 0.4) is 0 Å². The van der Waals surface area contributed by atoms with E-state index in [0.717, 1.165) is 22.7 Å². The fraction of sp³-hybridized carbons (Fsp3) is 0.150. The summed E-state index contributed by atoms with van der Waals surface area (Å²) in [7, 11) is 0. The molecule has 3 heteroatoms. The zero-order valence-corrected chi connectivity index (χ0v) is 14.7. The molecule has 0 saturated heterocycles. The Morgan fingerprint density at radius 1 is 0.957 bits per heavy atom. The van der Waals surface area contributed by atoms with Crippen molar-refractivity contribution in [1.29, 1.82) is 0 Å². The van der Waals surface area contributed by atoms with E-state index < -0.39 is 6.10 Å². The molecule has 1 N–H and O–H groups in total. The number of halogens is 1. The highest BCUT2D eigenvalue weighted by Gasteiger charge is 2.02. The first kappa shape index (κ1) is 21.0. The van der Waals surface area contributed by atoms with Crippen molar-refractivity contribution < 1.29 is 9.90 Å². The average Bonchev–Trinajstić information content (AvgIpc) is 2.64. The third-order valence-electron chi connectivity index (χ3n) is 2.62. The Morgan fingerprint density at radius 2 is 1.43 bits per heavy atom. The number of carbonyl (C=O) groups is 1. The Balaban J connectivity index is 0.000000354. The van der Waals surface area contributed by atoms with Gasteiger partial charge in [0.2, 0.25) is 0 Å². The number of allylic oxidation sites excluding steroid dienone is 1. The van der Waals surface area contributed by atoms with Gasteiger partial charge in [0.05, 0.1) is 6.10 Å². The van der Waals surface area contributed by atoms with E-state index in [4.69, 9.17) is 0 Å². The quantitative estimate of drug-likeness (QED) is 0.434. The van der Waals surface area contributed by atoms with E-state index in [0.29, 0.717) is 6.42 Å². The first-order chi connectivity index (χ1) is 11.2. The third kappa shape index (κ3) is 11.3. The van der Waals surface area contributed by atoms with Crippen LogP contribution >= 0.6 is 15.9 Å². The van der Waals surface area contributed by atoms with Crippen LogP contribution in [0, 0.1) is 0 Å². The number of hydrogen-bond donors (Lipinski definition) is 1. The number of aliphatic hydroxyl groups excluding tert-OH is 1. The lowest BCUT2D eigenvalue weighted by atomic mass is 10.1. The van der Waals surface area contributed by atoms with Gasteiger partial charge in [-0.05, 0) is 12.0 Å². The molecule has 0 spiro atoms. The van der Waals surface area contributed by atoms with E-state index >= 15 is 0 Å². The van der Waals surface area contributed by atoms with Crippen molar-refractivity contribution >= 4 is 22.2 Å². The van der Waals surface area contributed by atoms with Gasteiger partial charge < -0.3 is 5.11 Å². The standard InChI is InChI=1S/C10H12O.C7H6O.C3H5Br/c1-2-6-10(11)9-7-4-3-5-8-9;8-6-7-4-2-1-3-5-7;1-2-3-4/h2-5,7-8,10-11H,1,6H2;1-6H;2H,1,3H2. The van der Waals surface area contributed by atoms with Crippen molar-refractivity contribution in [3.63, 3.8) is 0 Å². The van der Waals surface area contributed by atoms with E-state index in [1.54, 1.807) is 24.3 Å². The third-order valence-corrected chi connectivity index (χ3v) is 3.08. The maximum Gasteiger partial charge on any atom is 0.150 e. The lowest BCUT2D eigenvalue weighted by molar-refractivity contribution is 0.112. The molecule has 0 heterocycles. The van der Waals surface area contributed by atoms with Crippen LogP contribution in [0.15, 0.2) is 86.0 Å². The molecular formula is C20H23BrO2. The summed E-state index contributed by atoms with van der Waals surface area (Å²) in [5, 5.41) is 10.3. The summed E-state index contributed by atoms with van der Waals surface area (Å²) in [4.78, 5) is 10.0. The lowest BCUT2D eigenvalue weighted by Crippen LogP contribution is -1.93. The van der Waals surface area contributed by atoms with Crippen LogP contribution in [0.2, 0.25) is 0 Å². The maximum atomic E-state index is 10.0. The fourth-order valence-electron chi connectivity index (χ4n) is 1.50. The number of aldehydes is 1. The second kappa shape index (κ2) is 14.9. The number of hydrogen-bond acceptors (Lipinski definition) is 2. The Hall–Kier alpha value is -1.97. The molecule has 2 nitrogen and oxygen atoms in total. The van der Waals surface area contributed by atoms with Gasteiger partial charge in [0.25, 0.3) is 0 Å². The van der Waals surface area contributed by atoms with E-state index in [9.17, 15) is 9.90 Å². The number of rotatable bonds is 5. The fourth-order valence-corrected chi connectivity index (χ4v) is 1.50. The predicted octanol–water partition coefficient (Wildman–Crippen LogP) is 5.36. The van der Waals surface area contributed by atoms with Crippen molar-refractivity contribution in [2.45, 2.75) is 12.5 Å². The van der Waals surface area contributed by atoms with Gasteiger partial charge in [0.1, 0.15) is 6.29 Å². The van der Waals surface area contributed by atoms with Gasteiger partial charge >= 0.3 is 0 Å². The second-order valence-electron chi connectivity index (χ2n) is 4.42. The van der Waals surface area contributed by atoms with Crippen LogP contribution in [-0.4, -0.2) is 16.7 Å². The van der Waals surface area contributed by atoms with Gasteiger partial charge in [-0.3, -0.25) is 4.79 Å². The van der Waals surface area contributed by atoms with Crippen LogP contribution in [0.4, 0.5) is 0 Å². The molecule has 0 aliphatic heterocycles. The first-order valence-corrected chi connectivity index (χ1v) is 8.32. The van der Waals surface area contributed by atoms with E-state index in [-0.39, 0.29) is 0 Å². The summed E-state index contributed by atoms with van der Waals surface area (Å²) in [6, 6.07) is 18.7. The monoisotopic (exact) mass is 374 g/mol. The highest BCUT2D eigenvalue weighted by Crippen LogP contribution is 2.15. The summed E-state index contributed by atoms with van der Waals surface area (Å²) >= 11 is 3.13. The molecule has 122 valence electrons. The number of carbonyl (C=O) groups excluding carboxylic acids is 1. The Morgan fingerprint density at radius 3 is 1.78 bits per heavy atom. The molecule has 0 aliphatic rings. The maximum absolute atomic E-state index is 10.0. The molecule has 0 fully saturated rings. The minimum atomic E-state index is -0.395. The van der Waals surface area contributed by atoms with Crippen LogP contribution < -0.4 is 0 Å². The molecule has 0 bridgehead atoms. The SMILES string of the molecule is C=CCBr.C=CCC(O)c1ccccc1.O=Cc1ccccc1. The van der Waals surface area contributed by atoms with Crippen LogP contribution in [0.5, 0.6) is 0 Å². The molecule has 2 aromatic carbocycles. The van der Waals surface area contributed by atoms with Crippen LogP contribution in [-0.2, 0) is 0 Å². The van der Waals surface area contributed by atoms with E-state index in [1.807, 2.05) is 48.5 Å². The van der Waals surface area contributed by atoms with Gasteiger partial charge in [-0.1, -0.05) is 88.7 Å². The van der Waals surface area contributed by atoms with Crippen molar-refractivity contribution in [3.8, 4) is 0 Å². The largest absolute Gasteiger partial charge is 0.388 e. The molecule has 1 unspecified atom stereocenters. The summed E-state index contributed by atoms with van der Waals surface area (Å²) in [6.45, 7) is 7.00. The Labute approximate surface area is 147 Å². The first-order valence-electron chi connectivity index (χ1n) is 7.20. The van der Waals surface area contributed by atoms with Crippen molar-refractivity contribution in [3.05, 3.63) is 97.1 Å². The minimum Gasteiger partial charge on any atom is -0.388 e. The molecule has 23 heavy (non-hydrogen) atoms. The van der Waals surface area contributed by atoms with Crippen LogP contribution in [0.25, 0.3) is 0 Å². The van der Waals surface area contributed by atoms with Gasteiger partial charge in [0.15, 0.2) is 0 Å². The van der Waals surface area contributed by atoms with Crippen molar-refractivity contribution in [2.24, 2.45) is 0 Å². The smallest absolute Gasteiger partial charge is 0.150 e. The normalized spacial score (nSPS) is 10.0. The Kier molecular flexibility index (Phi) is 13.7. The molecule has 1 atom stereocenters. The van der Waals surface area contributed by atoms with E-state index in [1.165, 1.54) is 0 Å². The van der Waals surface area contributed by atoms with Gasteiger partial charge in [-0.15, -0.1) is 13.2 Å². The summed E-state index contributed by atoms with van der Waals surface area (Å²) in [6.07, 6.45) is 4.57. The van der Waals surface area contributed by atoms with Gasteiger partial charge in [-0.25, -0.2) is 0 Å². The summed E-state index contributed by atoms with van der Waals surface area (Å²) < 4.78 is 0. The highest BCUT2D eigenvalue weighted by molar-refractivity contribution is 9.09. The molecule has 0 radical (unpaired) electrons. The average molecular weight is 375 g/mol. The Bertz CT molecular complexity index is 538. The second-order valence-corrected chi connectivity index (χ2v) is 5.07. The number of aliphatic hydroxyl groups is 1. The molecule has 0 aromatic heterocycles. The van der Waals surface area contributed by atoms with Gasteiger partial charge in [-0.2, -0.15) is 0 Å². The zero-order chi connectivity index (χ0) is 17.3. The number of alkyl halides is 1. The lowest BCUT2D eigenvalue weighted by Gasteiger charge is -2.06. The molecule has 0 saturated carbocycles. The molecule has 2 aromatic rings. The molecule has 0 aliphatic carbocycles. The highest BCUT2D eigenvalue weighted by atomic mass is 79.9. The summed E-state index contributed by atoms with van der Waals surface area (Å²) in [5.41, 5.74) is 1.68. The van der Waals surface area contributed by atoms with Crippen LogP contribution in [0.1, 0.15) is 28.4 Å². The molecular weight excluding hydrogens is 352 g/mol. The van der Waals surface area contributed by atoms with Crippen molar-refractivity contribution in [1.82, 2.24) is 0 Å². The summed E-state index contributed by atoms with van der Waals surface area (Å²) in [5.74, 6) is 0. The predicted molar refractivity (Wildman–Crippen MR) is 102 cm³/mol. The van der Waals surface area contributed by atoms with E-state index in [2.05, 4.69) is 29.1 Å². The van der Waals surface area contributed by atoms with Crippen molar-refractivity contribution in [2.75, 3.05) is 5.33 Å².